The van der Waals surface area contributed by atoms with Gasteiger partial charge in [-0.15, -0.1) is 0 Å². The van der Waals surface area contributed by atoms with Crippen molar-refractivity contribution in [3.05, 3.63) is 82.5 Å². The van der Waals surface area contributed by atoms with Gasteiger partial charge in [0.05, 0.1) is 12.3 Å². The number of likely N-dealkylation sites (N-methyl/N-ethyl adjacent to an activating group) is 1. The van der Waals surface area contributed by atoms with E-state index in [-0.39, 0.29) is 83.3 Å². The molecule has 1 aliphatic rings. The number of aromatic nitrogens is 2. The Morgan fingerprint density at radius 1 is 0.970 bits per heavy atom. The van der Waals surface area contributed by atoms with Crippen LogP contribution in [-0.2, 0) is 31.0 Å². The van der Waals surface area contributed by atoms with E-state index in [2.05, 4.69) is 46.7 Å². The number of phenolic OH excluding ortho intramolecular Hbond substituents is 1. The van der Waals surface area contributed by atoms with E-state index in [1.165, 1.54) is 26.1 Å². The number of aryl methyl sites for hydroxylation is 1. The van der Waals surface area contributed by atoms with Crippen molar-refractivity contribution in [2.24, 2.45) is 11.5 Å². The lowest BCUT2D eigenvalue weighted by atomic mass is 9.82. The number of aromatic hydroxyl groups is 1. The highest BCUT2D eigenvalue weighted by Gasteiger charge is 2.37. The van der Waals surface area contributed by atoms with E-state index in [1.54, 1.807) is 32.0 Å². The number of amides is 4. The van der Waals surface area contributed by atoms with Crippen molar-refractivity contribution in [2.75, 3.05) is 39.1 Å². The van der Waals surface area contributed by atoms with Gasteiger partial charge in [0.1, 0.15) is 54.0 Å². The molecule has 2 heterocycles. The third-order valence-electron chi connectivity index (χ3n) is 12.0. The lowest BCUT2D eigenvalue weighted by molar-refractivity contribution is -0.143. The second-order valence-electron chi connectivity index (χ2n) is 17.3. The van der Waals surface area contributed by atoms with Crippen molar-refractivity contribution in [2.45, 2.75) is 103 Å². The molecule has 3 aromatic carbocycles. The summed E-state index contributed by atoms with van der Waals surface area (Å²) in [6, 6.07) is 9.71. The minimum atomic E-state index is -1.60. The summed E-state index contributed by atoms with van der Waals surface area (Å²) in [4.78, 5) is 79.3. The maximum absolute atomic E-state index is 14.7. The Kier molecular flexibility index (Phi) is 16.9. The summed E-state index contributed by atoms with van der Waals surface area (Å²) >= 11 is 0. The first kappa shape index (κ1) is 51.2. The van der Waals surface area contributed by atoms with E-state index in [9.17, 15) is 39.3 Å². The van der Waals surface area contributed by atoms with Gasteiger partial charge in [0.15, 0.2) is 17.3 Å². The third-order valence-corrected chi connectivity index (χ3v) is 12.0. The standard InChI is InChI=1S/C48H63N9O10/c1-8-34(54-44(61)38-25(3)52-42(56-41(38)51)28-12-14-30(15-13-28)48(5,6)9-2)46(63)57(7)39-29-21-33(40(59)37(22-29)67-24-31(58)23-50)32-19-27(11-16-36(32)66-18-10-17-49)20-35(47(64)65)55-43(60)26(4)53-45(39)62/h11-16,19,21-22,26,31,34-35,39,58-59H,8-10,17-18,20,23-24,49-50H2,1-7H3,(H,53,62)(H,54,61)(H,55,60)(H,64,65)(H2,51,52,56)/t26-,31+,34-,35-,39-/m0/s1. The van der Waals surface area contributed by atoms with Gasteiger partial charge in [0.2, 0.25) is 17.7 Å². The highest BCUT2D eigenvalue weighted by atomic mass is 16.5. The van der Waals surface area contributed by atoms with Crippen LogP contribution >= 0.6 is 0 Å². The Hall–Kier alpha value is -6.83. The Bertz CT molecular complexity index is 2440. The molecule has 4 amide bonds. The zero-order valence-corrected chi connectivity index (χ0v) is 39.0. The average Bonchev–Trinajstić information content (AvgIpc) is 3.29. The van der Waals surface area contributed by atoms with Crippen molar-refractivity contribution in [1.82, 2.24) is 30.8 Å². The zero-order valence-electron chi connectivity index (χ0n) is 39.0. The molecule has 4 aromatic rings. The van der Waals surface area contributed by atoms with Gasteiger partial charge >= 0.3 is 5.97 Å². The Balaban J connectivity index is 1.59. The Morgan fingerprint density at radius 3 is 2.28 bits per heavy atom. The van der Waals surface area contributed by atoms with E-state index >= 15 is 0 Å². The number of phenols is 1. The summed E-state index contributed by atoms with van der Waals surface area (Å²) in [6.07, 6.45) is 0.0945. The fourth-order valence-corrected chi connectivity index (χ4v) is 7.52. The van der Waals surface area contributed by atoms with E-state index in [0.717, 1.165) is 16.9 Å². The molecule has 67 heavy (non-hydrogen) atoms. The molecule has 12 N–H and O–H groups in total. The van der Waals surface area contributed by atoms with Crippen LogP contribution in [0.5, 0.6) is 17.2 Å². The first-order valence-electron chi connectivity index (χ1n) is 22.2. The number of carboxylic acid groups (broad SMARTS) is 1. The fourth-order valence-electron chi connectivity index (χ4n) is 7.52. The molecule has 5 rings (SSSR count). The first-order valence-corrected chi connectivity index (χ1v) is 22.2. The number of aliphatic hydroxyl groups is 1. The van der Waals surface area contributed by atoms with Crippen LogP contribution in [0.4, 0.5) is 5.82 Å². The van der Waals surface area contributed by atoms with Gasteiger partial charge in [0.25, 0.3) is 5.91 Å². The monoisotopic (exact) mass is 925 g/mol. The van der Waals surface area contributed by atoms with Gasteiger partial charge < -0.3 is 62.8 Å². The number of carbonyl (C=O) groups is 5. The molecule has 4 bridgehead atoms. The van der Waals surface area contributed by atoms with Gasteiger partial charge in [-0.1, -0.05) is 58.0 Å². The minimum Gasteiger partial charge on any atom is -0.504 e. The van der Waals surface area contributed by atoms with Crippen LogP contribution in [0.15, 0.2) is 54.6 Å². The first-order chi connectivity index (χ1) is 31.7. The number of nitrogen functional groups attached to an aromatic ring is 1. The number of aliphatic carboxylic acids is 1. The quantitative estimate of drug-likeness (QED) is 0.0688. The maximum Gasteiger partial charge on any atom is 0.326 e. The molecule has 19 nitrogen and oxygen atoms in total. The fraction of sp³-hybridized carbons (Fsp3) is 0.438. The molecule has 0 aliphatic carbocycles. The van der Waals surface area contributed by atoms with Crippen molar-refractivity contribution in [1.29, 1.82) is 0 Å². The number of carboxylic acids is 1. The van der Waals surface area contributed by atoms with Gasteiger partial charge in [-0.05, 0) is 86.0 Å². The molecule has 0 unspecified atom stereocenters. The summed E-state index contributed by atoms with van der Waals surface area (Å²) in [5.41, 5.74) is 20.6. The van der Waals surface area contributed by atoms with E-state index < -0.39 is 65.6 Å². The van der Waals surface area contributed by atoms with E-state index in [0.29, 0.717) is 29.9 Å². The van der Waals surface area contributed by atoms with Crippen LogP contribution in [0.3, 0.4) is 0 Å². The summed E-state index contributed by atoms with van der Waals surface area (Å²) in [6.45, 7) is 11.0. The van der Waals surface area contributed by atoms with Crippen LogP contribution < -0.4 is 42.6 Å². The molecule has 360 valence electrons. The molecule has 0 saturated carbocycles. The number of nitrogens with zero attached hydrogens (tertiary/aromatic N) is 3. The summed E-state index contributed by atoms with van der Waals surface area (Å²) in [7, 11) is 1.33. The highest BCUT2D eigenvalue weighted by molar-refractivity contribution is 6.02. The summed E-state index contributed by atoms with van der Waals surface area (Å²) in [5, 5.41) is 40.2. The van der Waals surface area contributed by atoms with Crippen molar-refractivity contribution < 1.29 is 48.8 Å². The topological polar surface area (TPSA) is 308 Å². The number of hydrogen-bond acceptors (Lipinski definition) is 14. The van der Waals surface area contributed by atoms with Gasteiger partial charge in [0, 0.05) is 36.7 Å². The minimum absolute atomic E-state index is 0.0361. The number of aliphatic hydroxyl groups excluding tert-OH is 1. The largest absolute Gasteiger partial charge is 0.504 e. The summed E-state index contributed by atoms with van der Waals surface area (Å²) < 4.78 is 12.0. The summed E-state index contributed by atoms with van der Waals surface area (Å²) in [5.74, 6) is -4.76. The molecule has 0 saturated heterocycles. The van der Waals surface area contributed by atoms with Gasteiger partial charge in [-0.3, -0.25) is 19.2 Å². The zero-order chi connectivity index (χ0) is 49.3. The number of nitrogens with two attached hydrogens (primary N) is 3. The predicted molar refractivity (Wildman–Crippen MR) is 251 cm³/mol. The predicted octanol–water partition coefficient (Wildman–Crippen LogP) is 2.86. The third kappa shape index (κ3) is 12.0. The van der Waals surface area contributed by atoms with Crippen LogP contribution in [0.1, 0.15) is 92.7 Å². The molecule has 0 radical (unpaired) electrons. The van der Waals surface area contributed by atoms with Crippen molar-refractivity contribution in [3.8, 4) is 39.8 Å². The smallest absolute Gasteiger partial charge is 0.326 e. The van der Waals surface area contributed by atoms with E-state index in [1.807, 2.05) is 24.3 Å². The lowest BCUT2D eigenvalue weighted by Gasteiger charge is -2.32. The second-order valence-corrected chi connectivity index (χ2v) is 17.3. The number of anilines is 1. The molecule has 19 heteroatoms. The Morgan fingerprint density at radius 2 is 1.67 bits per heavy atom. The lowest BCUT2D eigenvalue weighted by Crippen LogP contribution is -2.54. The molecule has 1 aliphatic heterocycles. The number of carbonyl (C=O) groups excluding carboxylic acids is 4. The van der Waals surface area contributed by atoms with Crippen LogP contribution in [-0.4, -0.2) is 117 Å². The number of ether oxygens (including phenoxy) is 2. The molecular weight excluding hydrogens is 863 g/mol. The number of benzene rings is 3. The molecular formula is C48H63N9O10. The molecule has 0 spiro atoms. The van der Waals surface area contributed by atoms with Crippen LogP contribution in [0.25, 0.3) is 22.5 Å². The van der Waals surface area contributed by atoms with Crippen molar-refractivity contribution >= 4 is 35.4 Å². The van der Waals surface area contributed by atoms with Crippen LogP contribution in [0.2, 0.25) is 0 Å². The Labute approximate surface area is 389 Å². The average molecular weight is 926 g/mol. The SMILES string of the molecule is CC[C@H](NC(=O)c1c(C)nc(-c2ccc(C(C)(C)CC)cc2)nc1N)C(=O)N(C)[C@@H]1C(=O)N[C@@H](C)C(=O)N[C@H](C(=O)O)Cc2ccc(OCCCN)c(c2)-c2cc1cc(OC[C@H](O)CN)c2O. The number of rotatable bonds is 17. The van der Waals surface area contributed by atoms with E-state index in [4.69, 9.17) is 26.7 Å². The number of fused-ring (bicyclic) bond motifs is 5. The molecule has 5 atom stereocenters. The van der Waals surface area contributed by atoms with Gasteiger partial charge in [-0.2, -0.15) is 0 Å². The highest BCUT2D eigenvalue weighted by Crippen LogP contribution is 2.45. The normalized spacial score (nSPS) is 17.3. The van der Waals surface area contributed by atoms with Gasteiger partial charge in [-0.25, -0.2) is 14.8 Å². The molecule has 1 aromatic heterocycles. The molecule has 0 fully saturated rings. The van der Waals surface area contributed by atoms with Crippen LogP contribution in [0, 0.1) is 6.92 Å². The van der Waals surface area contributed by atoms with Crippen molar-refractivity contribution in [3.63, 3.8) is 0 Å². The second kappa shape index (κ2) is 22.1. The maximum atomic E-state index is 14.7. The number of nitrogens with one attached hydrogen (secondary N) is 3. The number of hydrogen-bond donors (Lipinski definition) is 9.